The quantitative estimate of drug-likeness (QED) is 0.530. The topological polar surface area (TPSA) is 12.0 Å². The molecular formula is C7H16FN. The van der Waals surface area contributed by atoms with Crippen LogP contribution in [-0.2, 0) is 0 Å². The smallest absolute Gasteiger partial charge is 0.113 e. The molecule has 0 radical (unpaired) electrons. The van der Waals surface area contributed by atoms with Gasteiger partial charge < -0.3 is 5.32 Å². The first-order chi connectivity index (χ1) is 4.39. The summed E-state index contributed by atoms with van der Waals surface area (Å²) in [7, 11) is 0. The number of halogens is 1. The van der Waals surface area contributed by atoms with Gasteiger partial charge in [-0.3, -0.25) is 0 Å². The molecule has 1 rings (SSSR count). The molecule has 0 aliphatic carbocycles. The first kappa shape index (κ1) is 8.89. The lowest BCUT2D eigenvalue weighted by atomic mass is 10.1. The Labute approximate surface area is 56.6 Å². The van der Waals surface area contributed by atoms with Gasteiger partial charge in [-0.2, -0.15) is 0 Å². The Morgan fingerprint density at radius 3 is 2.33 bits per heavy atom. The molecule has 1 N–H and O–H groups in total. The Kier molecular flexibility index (Phi) is 5.94. The summed E-state index contributed by atoms with van der Waals surface area (Å²) in [4.78, 5) is 0. The third-order valence-electron chi connectivity index (χ3n) is 1.24. The van der Waals surface area contributed by atoms with Gasteiger partial charge in [0.2, 0.25) is 0 Å². The van der Waals surface area contributed by atoms with Crippen LogP contribution >= 0.6 is 0 Å². The molecule has 0 aromatic rings. The van der Waals surface area contributed by atoms with Crippen LogP contribution in [-0.4, -0.2) is 19.3 Å². The van der Waals surface area contributed by atoms with Crippen molar-refractivity contribution in [3.05, 3.63) is 0 Å². The lowest BCUT2D eigenvalue weighted by molar-refractivity contribution is 0.266. The van der Waals surface area contributed by atoms with Crippen LogP contribution in [0.5, 0.6) is 0 Å². The minimum Gasteiger partial charge on any atom is -0.314 e. The van der Waals surface area contributed by atoms with Crippen molar-refractivity contribution in [1.29, 1.82) is 0 Å². The van der Waals surface area contributed by atoms with Crippen molar-refractivity contribution in [1.82, 2.24) is 5.32 Å². The first-order valence-electron chi connectivity index (χ1n) is 3.74. The summed E-state index contributed by atoms with van der Waals surface area (Å²) in [5, 5.41) is 2.96. The van der Waals surface area contributed by atoms with Crippen molar-refractivity contribution < 1.29 is 4.39 Å². The van der Waals surface area contributed by atoms with Crippen molar-refractivity contribution in [2.24, 2.45) is 0 Å². The molecule has 9 heavy (non-hydrogen) atoms. The van der Waals surface area contributed by atoms with Crippen LogP contribution in [0.15, 0.2) is 0 Å². The number of hydrogen-bond donors (Lipinski definition) is 1. The van der Waals surface area contributed by atoms with E-state index < -0.39 is 6.17 Å². The molecule has 1 atom stereocenters. The summed E-state index contributed by atoms with van der Waals surface area (Å²) >= 11 is 0. The van der Waals surface area contributed by atoms with Gasteiger partial charge in [-0.15, -0.1) is 0 Å². The molecule has 0 aromatic heterocycles. The van der Waals surface area contributed by atoms with Crippen LogP contribution in [0.3, 0.4) is 0 Å². The highest BCUT2D eigenvalue weighted by atomic mass is 19.1. The Balaban J connectivity index is 0.000000291. The van der Waals surface area contributed by atoms with E-state index in [4.69, 9.17) is 0 Å². The monoisotopic (exact) mass is 133 g/mol. The van der Waals surface area contributed by atoms with E-state index in [0.717, 1.165) is 19.4 Å². The van der Waals surface area contributed by atoms with Gasteiger partial charge in [0.25, 0.3) is 0 Å². The van der Waals surface area contributed by atoms with Crippen molar-refractivity contribution >= 4 is 0 Å². The molecule has 1 aliphatic rings. The number of alkyl halides is 1. The molecule has 2 heteroatoms. The van der Waals surface area contributed by atoms with E-state index in [9.17, 15) is 4.39 Å². The van der Waals surface area contributed by atoms with Crippen LogP contribution in [0.1, 0.15) is 26.7 Å². The van der Waals surface area contributed by atoms with Crippen LogP contribution in [0.25, 0.3) is 0 Å². The molecule has 0 amide bonds. The standard InChI is InChI=1S/C5H10FN.C2H6/c6-5-2-1-3-7-4-5;1-2/h5,7H,1-4H2;1-2H3/t5-;/m0./s1. The SMILES string of the molecule is CC.F[C@H]1CCCNC1. The van der Waals surface area contributed by atoms with E-state index >= 15 is 0 Å². The first-order valence-corrected chi connectivity index (χ1v) is 3.74. The fourth-order valence-corrected chi connectivity index (χ4v) is 0.809. The lowest BCUT2D eigenvalue weighted by Crippen LogP contribution is -2.30. The minimum atomic E-state index is -0.575. The van der Waals surface area contributed by atoms with Gasteiger partial charge in [0.15, 0.2) is 0 Å². The predicted molar refractivity (Wildman–Crippen MR) is 38.3 cm³/mol. The van der Waals surface area contributed by atoms with E-state index in [1.807, 2.05) is 13.8 Å². The lowest BCUT2D eigenvalue weighted by Gasteiger charge is -2.14. The molecule has 0 aromatic carbocycles. The zero-order valence-corrected chi connectivity index (χ0v) is 6.28. The molecule has 0 bridgehead atoms. The van der Waals surface area contributed by atoms with Crippen molar-refractivity contribution in [2.45, 2.75) is 32.9 Å². The maximum atomic E-state index is 12.1. The van der Waals surface area contributed by atoms with Gasteiger partial charge in [-0.1, -0.05) is 13.8 Å². The Morgan fingerprint density at radius 1 is 1.44 bits per heavy atom. The molecule has 1 fully saturated rings. The van der Waals surface area contributed by atoms with Gasteiger partial charge in [0, 0.05) is 6.54 Å². The Bertz CT molecular complexity index is 50.9. The van der Waals surface area contributed by atoms with Gasteiger partial charge in [0.1, 0.15) is 6.17 Å². The average molecular weight is 133 g/mol. The van der Waals surface area contributed by atoms with Crippen molar-refractivity contribution in [3.8, 4) is 0 Å². The normalized spacial score (nSPS) is 26.3. The number of rotatable bonds is 0. The van der Waals surface area contributed by atoms with Crippen LogP contribution in [0.4, 0.5) is 4.39 Å². The minimum absolute atomic E-state index is 0.569. The van der Waals surface area contributed by atoms with Gasteiger partial charge >= 0.3 is 0 Å². The fraction of sp³-hybridized carbons (Fsp3) is 1.00. The predicted octanol–water partition coefficient (Wildman–Crippen LogP) is 1.73. The summed E-state index contributed by atoms with van der Waals surface area (Å²) in [6.45, 7) is 5.57. The molecular weight excluding hydrogens is 117 g/mol. The molecule has 1 aliphatic heterocycles. The maximum absolute atomic E-state index is 12.1. The average Bonchev–Trinajstić information content (AvgIpc) is 1.94. The third kappa shape index (κ3) is 4.40. The molecule has 1 nitrogen and oxygen atoms in total. The summed E-state index contributed by atoms with van der Waals surface area (Å²) in [6, 6.07) is 0. The van der Waals surface area contributed by atoms with E-state index in [1.54, 1.807) is 0 Å². The van der Waals surface area contributed by atoms with Crippen LogP contribution in [0.2, 0.25) is 0 Å². The third-order valence-corrected chi connectivity index (χ3v) is 1.24. The van der Waals surface area contributed by atoms with E-state index in [-0.39, 0.29) is 0 Å². The fourth-order valence-electron chi connectivity index (χ4n) is 0.809. The highest BCUT2D eigenvalue weighted by Crippen LogP contribution is 2.03. The Hall–Kier alpha value is -0.110. The second-order valence-corrected chi connectivity index (χ2v) is 1.94. The highest BCUT2D eigenvalue weighted by Gasteiger charge is 2.08. The summed E-state index contributed by atoms with van der Waals surface area (Å²) in [5.74, 6) is 0. The van der Waals surface area contributed by atoms with Crippen molar-refractivity contribution in [2.75, 3.05) is 13.1 Å². The van der Waals surface area contributed by atoms with Crippen molar-refractivity contribution in [3.63, 3.8) is 0 Å². The van der Waals surface area contributed by atoms with Gasteiger partial charge in [0.05, 0.1) is 0 Å². The molecule has 1 saturated heterocycles. The largest absolute Gasteiger partial charge is 0.314 e. The second kappa shape index (κ2) is 6.02. The zero-order chi connectivity index (χ0) is 7.11. The van der Waals surface area contributed by atoms with E-state index in [2.05, 4.69) is 5.32 Å². The summed E-state index contributed by atoms with van der Waals surface area (Å²) < 4.78 is 12.1. The molecule has 56 valence electrons. The van der Waals surface area contributed by atoms with Gasteiger partial charge in [-0.05, 0) is 19.4 Å². The zero-order valence-electron chi connectivity index (χ0n) is 6.28. The van der Waals surface area contributed by atoms with Gasteiger partial charge in [-0.25, -0.2) is 4.39 Å². The summed E-state index contributed by atoms with van der Waals surface area (Å²) in [6.07, 6.45) is 1.18. The number of nitrogens with one attached hydrogen (secondary N) is 1. The number of hydrogen-bond acceptors (Lipinski definition) is 1. The van der Waals surface area contributed by atoms with E-state index in [1.165, 1.54) is 0 Å². The molecule has 0 unspecified atom stereocenters. The molecule has 0 saturated carbocycles. The number of piperidine rings is 1. The highest BCUT2D eigenvalue weighted by molar-refractivity contribution is 4.66. The van der Waals surface area contributed by atoms with E-state index in [0.29, 0.717) is 6.54 Å². The van der Waals surface area contributed by atoms with Crippen LogP contribution in [0, 0.1) is 0 Å². The maximum Gasteiger partial charge on any atom is 0.113 e. The molecule has 1 heterocycles. The second-order valence-electron chi connectivity index (χ2n) is 1.94. The molecule has 0 spiro atoms. The Morgan fingerprint density at radius 2 is 2.11 bits per heavy atom. The summed E-state index contributed by atoms with van der Waals surface area (Å²) in [5.41, 5.74) is 0. The van der Waals surface area contributed by atoms with Crippen LogP contribution < -0.4 is 5.32 Å².